The van der Waals surface area contributed by atoms with Crippen LogP contribution < -0.4 is 5.32 Å². The molecule has 3 nitrogen and oxygen atoms in total. The number of benzene rings is 1. The Morgan fingerprint density at radius 3 is 2.84 bits per heavy atom. The summed E-state index contributed by atoms with van der Waals surface area (Å²) < 4.78 is 0. The maximum Gasteiger partial charge on any atom is 0.252 e. The zero-order chi connectivity index (χ0) is 13.9. The van der Waals surface area contributed by atoms with E-state index in [0.717, 1.165) is 24.0 Å². The van der Waals surface area contributed by atoms with E-state index >= 15 is 0 Å². The van der Waals surface area contributed by atoms with E-state index < -0.39 is 0 Å². The number of hydrogen-bond acceptors (Lipinski definition) is 2. The molecule has 1 fully saturated rings. The van der Waals surface area contributed by atoms with Crippen LogP contribution in [0.25, 0.3) is 0 Å². The van der Waals surface area contributed by atoms with Crippen LogP contribution in [0.4, 0.5) is 0 Å². The minimum Gasteiger partial charge on any atom is -0.395 e. The number of aliphatic hydroxyl groups excluding tert-OH is 1. The summed E-state index contributed by atoms with van der Waals surface area (Å²) in [7, 11) is 0. The van der Waals surface area contributed by atoms with Gasteiger partial charge < -0.3 is 10.4 Å². The minimum absolute atomic E-state index is 0.0118. The average Bonchev–Trinajstić information content (AvgIpc) is 3.09. The Balaban J connectivity index is 2.17. The molecule has 1 aromatic carbocycles. The molecule has 0 unspecified atom stereocenters. The molecule has 1 aliphatic carbocycles. The van der Waals surface area contributed by atoms with Gasteiger partial charge in [0.15, 0.2) is 0 Å². The number of nitrogens with one attached hydrogen (secondary N) is 1. The molecule has 0 heterocycles. The van der Waals surface area contributed by atoms with Gasteiger partial charge in [0, 0.05) is 23.1 Å². The van der Waals surface area contributed by atoms with Crippen molar-refractivity contribution in [2.75, 3.05) is 6.61 Å². The summed E-state index contributed by atoms with van der Waals surface area (Å²) in [6.07, 6.45) is 2.55. The Labute approximate surface area is 114 Å². The quantitative estimate of drug-likeness (QED) is 0.814. The molecule has 0 bridgehead atoms. The molecule has 2 N–H and O–H groups in total. The van der Waals surface area contributed by atoms with Gasteiger partial charge in [0.2, 0.25) is 0 Å². The zero-order valence-corrected chi connectivity index (χ0v) is 11.4. The number of carbonyl (C=O) groups excluding carboxylic acids is 1. The van der Waals surface area contributed by atoms with Crippen molar-refractivity contribution in [1.82, 2.24) is 5.32 Å². The van der Waals surface area contributed by atoms with Gasteiger partial charge in [-0.05, 0) is 44.4 Å². The first kappa shape index (κ1) is 13.6. The van der Waals surface area contributed by atoms with Crippen molar-refractivity contribution in [3.63, 3.8) is 0 Å². The van der Waals surface area contributed by atoms with E-state index in [1.54, 1.807) is 0 Å². The summed E-state index contributed by atoms with van der Waals surface area (Å²) in [5.74, 6) is 5.80. The molecule has 0 aliphatic heterocycles. The van der Waals surface area contributed by atoms with E-state index in [4.69, 9.17) is 5.11 Å². The first-order chi connectivity index (χ1) is 9.04. The third kappa shape index (κ3) is 3.59. The van der Waals surface area contributed by atoms with Crippen molar-refractivity contribution in [2.24, 2.45) is 0 Å². The second-order valence-electron chi connectivity index (χ2n) is 5.32. The normalized spacial score (nSPS) is 15.3. The van der Waals surface area contributed by atoms with Crippen molar-refractivity contribution in [3.8, 4) is 11.8 Å². The van der Waals surface area contributed by atoms with Gasteiger partial charge in [-0.25, -0.2) is 0 Å². The van der Waals surface area contributed by atoms with Crippen LogP contribution in [0, 0.1) is 18.8 Å². The van der Waals surface area contributed by atoms with Crippen molar-refractivity contribution >= 4 is 5.91 Å². The molecule has 1 aliphatic rings. The molecule has 19 heavy (non-hydrogen) atoms. The first-order valence-corrected chi connectivity index (χ1v) is 6.57. The maximum absolute atomic E-state index is 12.2. The topological polar surface area (TPSA) is 49.3 Å². The van der Waals surface area contributed by atoms with Gasteiger partial charge in [0.25, 0.3) is 5.91 Å². The van der Waals surface area contributed by atoms with Gasteiger partial charge in [0.1, 0.15) is 0 Å². The largest absolute Gasteiger partial charge is 0.395 e. The van der Waals surface area contributed by atoms with Crippen molar-refractivity contribution in [1.29, 1.82) is 0 Å². The highest BCUT2D eigenvalue weighted by Crippen LogP contribution is 2.34. The lowest BCUT2D eigenvalue weighted by molar-refractivity contribution is 0.0935. The van der Waals surface area contributed by atoms with E-state index in [-0.39, 0.29) is 18.1 Å². The molecule has 1 amide bonds. The molecule has 0 atom stereocenters. The molecular formula is C16H19NO2. The SMILES string of the molecule is Cc1ccc(C#CCCO)cc1C(=O)NC1(C)CC1. The molecule has 0 radical (unpaired) electrons. The van der Waals surface area contributed by atoms with Crippen LogP contribution in [0.15, 0.2) is 18.2 Å². The van der Waals surface area contributed by atoms with Crippen LogP contribution in [0.2, 0.25) is 0 Å². The van der Waals surface area contributed by atoms with Crippen molar-refractivity contribution in [3.05, 3.63) is 34.9 Å². The van der Waals surface area contributed by atoms with Crippen LogP contribution in [0.5, 0.6) is 0 Å². The Hall–Kier alpha value is -1.79. The molecule has 1 saturated carbocycles. The number of amides is 1. The predicted molar refractivity (Wildman–Crippen MR) is 74.9 cm³/mol. The fraction of sp³-hybridized carbons (Fsp3) is 0.438. The summed E-state index contributed by atoms with van der Waals surface area (Å²) in [4.78, 5) is 12.2. The van der Waals surface area contributed by atoms with Crippen LogP contribution in [0.1, 0.15) is 47.7 Å². The number of carbonyl (C=O) groups is 1. The smallest absolute Gasteiger partial charge is 0.252 e. The second-order valence-corrected chi connectivity index (χ2v) is 5.32. The Morgan fingerprint density at radius 2 is 2.21 bits per heavy atom. The van der Waals surface area contributed by atoms with Gasteiger partial charge in [-0.15, -0.1) is 0 Å². The Bertz CT molecular complexity index is 548. The lowest BCUT2D eigenvalue weighted by atomic mass is 10.0. The highest BCUT2D eigenvalue weighted by molar-refractivity contribution is 5.96. The lowest BCUT2D eigenvalue weighted by Crippen LogP contribution is -2.34. The van der Waals surface area contributed by atoms with E-state index in [2.05, 4.69) is 24.1 Å². The average molecular weight is 257 g/mol. The molecular weight excluding hydrogens is 238 g/mol. The van der Waals surface area contributed by atoms with E-state index in [1.807, 2.05) is 25.1 Å². The first-order valence-electron chi connectivity index (χ1n) is 6.57. The van der Waals surface area contributed by atoms with E-state index in [9.17, 15) is 4.79 Å². The lowest BCUT2D eigenvalue weighted by Gasteiger charge is -2.13. The Morgan fingerprint density at radius 1 is 1.47 bits per heavy atom. The summed E-state index contributed by atoms with van der Waals surface area (Å²) in [5, 5.41) is 11.8. The second kappa shape index (κ2) is 5.46. The fourth-order valence-electron chi connectivity index (χ4n) is 1.82. The molecule has 0 aromatic heterocycles. The monoisotopic (exact) mass is 257 g/mol. The molecule has 0 spiro atoms. The number of hydrogen-bond donors (Lipinski definition) is 2. The van der Waals surface area contributed by atoms with Gasteiger partial charge in [-0.3, -0.25) is 4.79 Å². The molecule has 3 heteroatoms. The third-order valence-electron chi connectivity index (χ3n) is 3.37. The maximum atomic E-state index is 12.2. The van der Waals surface area contributed by atoms with Gasteiger partial charge in [0.05, 0.1) is 6.61 Å². The van der Waals surface area contributed by atoms with E-state index in [1.165, 1.54) is 0 Å². The number of aryl methyl sites for hydroxylation is 1. The van der Waals surface area contributed by atoms with Crippen molar-refractivity contribution in [2.45, 2.75) is 38.6 Å². The number of aliphatic hydroxyl groups is 1. The molecule has 2 rings (SSSR count). The minimum atomic E-state index is -0.0247. The molecule has 1 aromatic rings. The Kier molecular flexibility index (Phi) is 3.92. The summed E-state index contributed by atoms with van der Waals surface area (Å²) >= 11 is 0. The third-order valence-corrected chi connectivity index (χ3v) is 3.37. The van der Waals surface area contributed by atoms with Crippen LogP contribution >= 0.6 is 0 Å². The number of rotatable bonds is 3. The standard InChI is InChI=1S/C16H19NO2/c1-12-6-7-13(5-3-4-10-18)11-14(12)15(19)17-16(2)8-9-16/h6-7,11,18H,4,8-10H2,1-2H3,(H,17,19). The highest BCUT2D eigenvalue weighted by atomic mass is 16.2. The molecule has 100 valence electrons. The van der Waals surface area contributed by atoms with Gasteiger partial charge >= 0.3 is 0 Å². The van der Waals surface area contributed by atoms with Crippen LogP contribution in [0.3, 0.4) is 0 Å². The summed E-state index contributed by atoms with van der Waals surface area (Å²) in [6.45, 7) is 4.05. The summed E-state index contributed by atoms with van der Waals surface area (Å²) in [6, 6.07) is 5.63. The van der Waals surface area contributed by atoms with Crippen LogP contribution in [-0.2, 0) is 0 Å². The van der Waals surface area contributed by atoms with E-state index in [0.29, 0.717) is 12.0 Å². The van der Waals surface area contributed by atoms with Gasteiger partial charge in [-0.2, -0.15) is 0 Å². The fourth-order valence-corrected chi connectivity index (χ4v) is 1.82. The summed E-state index contributed by atoms with van der Waals surface area (Å²) in [5.41, 5.74) is 2.44. The predicted octanol–water partition coefficient (Wildman–Crippen LogP) is 2.01. The highest BCUT2D eigenvalue weighted by Gasteiger charge is 2.38. The van der Waals surface area contributed by atoms with Gasteiger partial charge in [-0.1, -0.05) is 17.9 Å². The molecule has 0 saturated heterocycles. The van der Waals surface area contributed by atoms with Crippen molar-refractivity contribution < 1.29 is 9.90 Å². The van der Waals surface area contributed by atoms with Crippen LogP contribution in [-0.4, -0.2) is 23.2 Å². The zero-order valence-electron chi connectivity index (χ0n) is 11.4.